The Balaban J connectivity index is 1.60. The number of ether oxygens (including phenoxy) is 4. The number of carbonyl (C=O) groups is 2. The minimum Gasteiger partial charge on any atom is -0.493 e. The van der Waals surface area contributed by atoms with E-state index in [1.54, 1.807) is 21.1 Å². The number of benzene rings is 1. The van der Waals surface area contributed by atoms with Crippen LogP contribution in [-0.4, -0.2) is 55.5 Å². The Labute approximate surface area is 171 Å². The van der Waals surface area contributed by atoms with Crippen LogP contribution < -0.4 is 9.47 Å². The summed E-state index contributed by atoms with van der Waals surface area (Å²) in [5, 5.41) is 0. The predicted molar refractivity (Wildman–Crippen MR) is 105 cm³/mol. The second-order valence-electron chi connectivity index (χ2n) is 8.18. The van der Waals surface area contributed by atoms with Gasteiger partial charge in [-0.3, -0.25) is 4.79 Å². The van der Waals surface area contributed by atoms with Gasteiger partial charge in [-0.05, 0) is 43.9 Å². The quantitative estimate of drug-likeness (QED) is 0.515. The number of carbonyl (C=O) groups excluding carboxylic acids is 2. The van der Waals surface area contributed by atoms with Crippen molar-refractivity contribution >= 4 is 11.9 Å². The van der Waals surface area contributed by atoms with Crippen molar-refractivity contribution in [2.45, 2.75) is 50.9 Å². The maximum atomic E-state index is 13.4. The van der Waals surface area contributed by atoms with E-state index < -0.39 is 17.3 Å². The lowest BCUT2D eigenvalue weighted by atomic mass is 9.82. The summed E-state index contributed by atoms with van der Waals surface area (Å²) in [4.78, 5) is 27.9. The average molecular weight is 403 g/mol. The monoisotopic (exact) mass is 403 g/mol. The van der Waals surface area contributed by atoms with Gasteiger partial charge >= 0.3 is 5.97 Å². The molecule has 0 aromatic heterocycles. The summed E-state index contributed by atoms with van der Waals surface area (Å²) < 4.78 is 22.3. The van der Waals surface area contributed by atoms with E-state index in [1.165, 1.54) is 0 Å². The van der Waals surface area contributed by atoms with Crippen LogP contribution in [0.15, 0.2) is 18.2 Å². The molecule has 7 nitrogen and oxygen atoms in total. The smallest absolute Gasteiger partial charge is 0.348 e. The first-order valence-corrected chi connectivity index (χ1v) is 10.3. The van der Waals surface area contributed by atoms with Gasteiger partial charge in [0.05, 0.1) is 20.8 Å². The highest BCUT2D eigenvalue weighted by Crippen LogP contribution is 2.61. The molecule has 1 amide bonds. The summed E-state index contributed by atoms with van der Waals surface area (Å²) in [6.07, 6.45) is 3.02. The van der Waals surface area contributed by atoms with Crippen molar-refractivity contribution in [3.05, 3.63) is 23.8 Å². The number of fused-ring (bicyclic) bond motifs is 1. The molecule has 0 N–H and O–H groups in total. The summed E-state index contributed by atoms with van der Waals surface area (Å²) in [5.74, 6) is 0.885. The SMILES string of the molecule is CCOC(=O)[C@@]12C[C@H]3CC[C@@H](C)[C@]3(O1)N(CCc1ccc(OC)c(OC)c1)C2=O. The van der Waals surface area contributed by atoms with Crippen LogP contribution in [0.2, 0.25) is 0 Å². The van der Waals surface area contributed by atoms with Crippen LogP contribution in [0.3, 0.4) is 0 Å². The van der Waals surface area contributed by atoms with Gasteiger partial charge in [-0.15, -0.1) is 0 Å². The highest BCUT2D eigenvalue weighted by molar-refractivity contribution is 6.08. The molecule has 2 heterocycles. The highest BCUT2D eigenvalue weighted by Gasteiger charge is 2.76. The number of hydrogen-bond donors (Lipinski definition) is 0. The van der Waals surface area contributed by atoms with Gasteiger partial charge in [-0.25, -0.2) is 4.79 Å². The second kappa shape index (κ2) is 7.20. The molecule has 4 atom stereocenters. The molecule has 1 aliphatic carbocycles. The van der Waals surface area contributed by atoms with Crippen molar-refractivity contribution in [1.82, 2.24) is 4.90 Å². The van der Waals surface area contributed by atoms with E-state index in [9.17, 15) is 9.59 Å². The molecule has 158 valence electrons. The molecule has 3 fully saturated rings. The van der Waals surface area contributed by atoms with Gasteiger partial charge in [0.25, 0.3) is 5.91 Å². The Kier molecular flexibility index (Phi) is 4.97. The van der Waals surface area contributed by atoms with Crippen molar-refractivity contribution in [3.63, 3.8) is 0 Å². The van der Waals surface area contributed by atoms with E-state index in [0.717, 1.165) is 18.4 Å². The second-order valence-corrected chi connectivity index (χ2v) is 8.18. The summed E-state index contributed by atoms with van der Waals surface area (Å²) >= 11 is 0. The van der Waals surface area contributed by atoms with Crippen LogP contribution in [0.1, 0.15) is 38.7 Å². The number of amides is 1. The molecular weight excluding hydrogens is 374 g/mol. The molecule has 4 rings (SSSR count). The highest BCUT2D eigenvalue weighted by atomic mass is 16.6. The van der Waals surface area contributed by atoms with Crippen LogP contribution in [-0.2, 0) is 25.5 Å². The van der Waals surface area contributed by atoms with Crippen molar-refractivity contribution < 1.29 is 28.5 Å². The lowest BCUT2D eigenvalue weighted by Gasteiger charge is -2.40. The third-order valence-electron chi connectivity index (χ3n) is 6.80. The Bertz CT molecular complexity index is 826. The molecule has 1 spiro atoms. The minimum atomic E-state index is -1.47. The Morgan fingerprint density at radius 3 is 2.69 bits per heavy atom. The number of nitrogens with zero attached hydrogens (tertiary/aromatic N) is 1. The summed E-state index contributed by atoms with van der Waals surface area (Å²) in [7, 11) is 3.20. The van der Waals surface area contributed by atoms with Crippen LogP contribution >= 0.6 is 0 Å². The molecule has 2 saturated heterocycles. The number of esters is 1. The fraction of sp³-hybridized carbons (Fsp3) is 0.636. The molecule has 1 saturated carbocycles. The van der Waals surface area contributed by atoms with Crippen molar-refractivity contribution in [3.8, 4) is 11.5 Å². The molecule has 7 heteroatoms. The molecule has 1 aromatic rings. The van der Waals surface area contributed by atoms with Crippen molar-refractivity contribution in [2.24, 2.45) is 11.8 Å². The van der Waals surface area contributed by atoms with Crippen LogP contribution in [0, 0.1) is 11.8 Å². The molecule has 0 unspecified atom stereocenters. The molecular formula is C22H29NO6. The number of likely N-dealkylation sites (tertiary alicyclic amines) is 1. The maximum absolute atomic E-state index is 13.4. The van der Waals surface area contributed by atoms with Crippen LogP contribution in [0.25, 0.3) is 0 Å². The zero-order valence-corrected chi connectivity index (χ0v) is 17.5. The topological polar surface area (TPSA) is 74.3 Å². The van der Waals surface area contributed by atoms with E-state index in [2.05, 4.69) is 6.92 Å². The Hall–Kier alpha value is -2.28. The van der Waals surface area contributed by atoms with Gasteiger partial charge in [0, 0.05) is 24.8 Å². The third-order valence-corrected chi connectivity index (χ3v) is 6.80. The third kappa shape index (κ3) is 2.74. The fourth-order valence-electron chi connectivity index (χ4n) is 5.43. The van der Waals surface area contributed by atoms with E-state index in [4.69, 9.17) is 18.9 Å². The van der Waals surface area contributed by atoms with Crippen LogP contribution in [0.4, 0.5) is 0 Å². The lowest BCUT2D eigenvalue weighted by molar-refractivity contribution is -0.175. The zero-order valence-electron chi connectivity index (χ0n) is 17.5. The van der Waals surface area contributed by atoms with Gasteiger partial charge < -0.3 is 23.8 Å². The molecule has 2 aliphatic heterocycles. The lowest BCUT2D eigenvalue weighted by Crippen LogP contribution is -2.57. The van der Waals surface area contributed by atoms with E-state index in [-0.39, 0.29) is 24.3 Å². The van der Waals surface area contributed by atoms with Gasteiger partial charge in [-0.2, -0.15) is 0 Å². The van der Waals surface area contributed by atoms with E-state index in [1.807, 2.05) is 23.1 Å². The number of rotatable bonds is 7. The molecule has 1 aromatic carbocycles. The first-order valence-electron chi connectivity index (χ1n) is 10.3. The Morgan fingerprint density at radius 2 is 2.00 bits per heavy atom. The van der Waals surface area contributed by atoms with Crippen molar-refractivity contribution in [2.75, 3.05) is 27.4 Å². The standard InChI is InChI=1S/C22H29NO6/c1-5-28-20(25)21-13-16-8-6-14(2)22(16,29-21)23(19(21)24)11-10-15-7-9-17(26-3)18(12-15)27-4/h7,9,12,14,16H,5-6,8,10-11,13H2,1-4H3/t14-,16-,21+,22-/m1/s1. The predicted octanol–water partition coefficient (Wildman–Crippen LogP) is 2.55. The summed E-state index contributed by atoms with van der Waals surface area (Å²) in [6, 6.07) is 5.75. The number of hydrogen-bond acceptors (Lipinski definition) is 6. The zero-order chi connectivity index (χ0) is 20.8. The van der Waals surface area contributed by atoms with Gasteiger partial charge in [-0.1, -0.05) is 13.0 Å². The molecule has 3 aliphatic rings. The Morgan fingerprint density at radius 1 is 1.24 bits per heavy atom. The van der Waals surface area contributed by atoms with E-state index in [0.29, 0.717) is 30.9 Å². The summed E-state index contributed by atoms with van der Waals surface area (Å²) in [6.45, 7) is 4.58. The van der Waals surface area contributed by atoms with Gasteiger partial charge in [0.15, 0.2) is 17.2 Å². The minimum absolute atomic E-state index is 0.171. The number of methoxy groups -OCH3 is 2. The van der Waals surface area contributed by atoms with E-state index >= 15 is 0 Å². The first kappa shape index (κ1) is 20.0. The normalized spacial score (nSPS) is 32.4. The van der Waals surface area contributed by atoms with Gasteiger partial charge in [0.2, 0.25) is 5.60 Å². The molecule has 0 radical (unpaired) electrons. The first-order chi connectivity index (χ1) is 13.9. The largest absolute Gasteiger partial charge is 0.493 e. The van der Waals surface area contributed by atoms with Gasteiger partial charge in [0.1, 0.15) is 0 Å². The molecule has 2 bridgehead atoms. The summed E-state index contributed by atoms with van der Waals surface area (Å²) in [5.41, 5.74) is -1.13. The maximum Gasteiger partial charge on any atom is 0.348 e. The number of piperidine rings is 1. The average Bonchev–Trinajstić information content (AvgIpc) is 3.32. The molecule has 29 heavy (non-hydrogen) atoms. The van der Waals surface area contributed by atoms with Crippen LogP contribution in [0.5, 0.6) is 11.5 Å². The fourth-order valence-corrected chi connectivity index (χ4v) is 5.43. The van der Waals surface area contributed by atoms with Crippen molar-refractivity contribution in [1.29, 1.82) is 0 Å².